The van der Waals surface area contributed by atoms with E-state index in [0.29, 0.717) is 16.8 Å². The van der Waals surface area contributed by atoms with Gasteiger partial charge in [-0.15, -0.1) is 0 Å². The SMILES string of the molecule is Cc1ccc(NC(=O)c2cncc(C=CC(=O)O)c2)cc1. The van der Waals surface area contributed by atoms with Gasteiger partial charge in [0, 0.05) is 24.2 Å². The summed E-state index contributed by atoms with van der Waals surface area (Å²) in [4.78, 5) is 26.5. The molecule has 0 bridgehead atoms. The molecule has 0 aliphatic rings. The number of carboxylic acid groups (broad SMARTS) is 1. The molecule has 5 heteroatoms. The number of aromatic nitrogens is 1. The smallest absolute Gasteiger partial charge is 0.328 e. The van der Waals surface area contributed by atoms with E-state index in [4.69, 9.17) is 5.11 Å². The largest absolute Gasteiger partial charge is 0.478 e. The van der Waals surface area contributed by atoms with Gasteiger partial charge >= 0.3 is 5.97 Å². The molecule has 0 aliphatic carbocycles. The summed E-state index contributed by atoms with van der Waals surface area (Å²) in [6.07, 6.45) is 5.31. The summed E-state index contributed by atoms with van der Waals surface area (Å²) in [5, 5.41) is 11.3. The summed E-state index contributed by atoms with van der Waals surface area (Å²) in [6, 6.07) is 9.01. The van der Waals surface area contributed by atoms with Gasteiger partial charge in [-0.1, -0.05) is 17.7 Å². The number of carboxylic acids is 1. The van der Waals surface area contributed by atoms with Gasteiger partial charge in [-0.25, -0.2) is 4.79 Å². The maximum atomic E-state index is 12.1. The molecule has 0 radical (unpaired) electrons. The number of rotatable bonds is 4. The molecular weight excluding hydrogens is 268 g/mol. The van der Waals surface area contributed by atoms with Gasteiger partial charge in [0.25, 0.3) is 5.91 Å². The quantitative estimate of drug-likeness (QED) is 0.845. The van der Waals surface area contributed by atoms with Crippen molar-refractivity contribution in [2.45, 2.75) is 6.92 Å². The normalized spacial score (nSPS) is 10.5. The van der Waals surface area contributed by atoms with Crippen molar-refractivity contribution in [3.63, 3.8) is 0 Å². The van der Waals surface area contributed by atoms with E-state index in [2.05, 4.69) is 10.3 Å². The van der Waals surface area contributed by atoms with Crippen LogP contribution < -0.4 is 5.32 Å². The first-order chi connectivity index (χ1) is 10.0. The maximum Gasteiger partial charge on any atom is 0.328 e. The van der Waals surface area contributed by atoms with Crippen LogP contribution >= 0.6 is 0 Å². The van der Waals surface area contributed by atoms with Crippen LogP contribution in [0.15, 0.2) is 48.8 Å². The van der Waals surface area contributed by atoms with Gasteiger partial charge in [0.05, 0.1) is 5.56 Å². The van der Waals surface area contributed by atoms with E-state index in [1.807, 2.05) is 31.2 Å². The summed E-state index contributed by atoms with van der Waals surface area (Å²) < 4.78 is 0. The number of aryl methyl sites for hydroxylation is 1. The number of nitrogens with one attached hydrogen (secondary N) is 1. The van der Waals surface area contributed by atoms with Gasteiger partial charge in [-0.05, 0) is 36.8 Å². The number of carbonyl (C=O) groups is 2. The molecule has 1 heterocycles. The lowest BCUT2D eigenvalue weighted by Crippen LogP contribution is -2.12. The number of amides is 1. The Morgan fingerprint density at radius 1 is 1.19 bits per heavy atom. The molecule has 0 spiro atoms. The lowest BCUT2D eigenvalue weighted by atomic mass is 10.1. The topological polar surface area (TPSA) is 79.3 Å². The molecule has 106 valence electrons. The van der Waals surface area contributed by atoms with Crippen LogP contribution in [0.3, 0.4) is 0 Å². The van der Waals surface area contributed by atoms with Crippen LogP contribution in [0.2, 0.25) is 0 Å². The predicted octanol–water partition coefficient (Wildman–Crippen LogP) is 2.74. The Morgan fingerprint density at radius 2 is 1.90 bits per heavy atom. The molecule has 0 aliphatic heterocycles. The Hall–Kier alpha value is -2.95. The summed E-state index contributed by atoms with van der Waals surface area (Å²) in [5.74, 6) is -1.35. The lowest BCUT2D eigenvalue weighted by molar-refractivity contribution is -0.131. The molecule has 0 saturated heterocycles. The van der Waals surface area contributed by atoms with E-state index < -0.39 is 5.97 Å². The van der Waals surface area contributed by atoms with Gasteiger partial charge in [-0.3, -0.25) is 9.78 Å². The van der Waals surface area contributed by atoms with Crippen LogP contribution in [0.1, 0.15) is 21.5 Å². The highest BCUT2D eigenvalue weighted by Gasteiger charge is 2.07. The number of carbonyl (C=O) groups excluding carboxylic acids is 1. The predicted molar refractivity (Wildman–Crippen MR) is 80.0 cm³/mol. The maximum absolute atomic E-state index is 12.1. The van der Waals surface area contributed by atoms with Gasteiger partial charge in [0.1, 0.15) is 0 Å². The van der Waals surface area contributed by atoms with Crippen LogP contribution in [0.5, 0.6) is 0 Å². The first kappa shape index (κ1) is 14.5. The fourth-order valence-corrected chi connectivity index (χ4v) is 1.68. The third-order valence-corrected chi connectivity index (χ3v) is 2.75. The van der Waals surface area contributed by atoms with Gasteiger partial charge in [0.15, 0.2) is 0 Å². The number of hydrogen-bond acceptors (Lipinski definition) is 3. The van der Waals surface area contributed by atoms with Crippen molar-refractivity contribution < 1.29 is 14.7 Å². The highest BCUT2D eigenvalue weighted by Crippen LogP contribution is 2.11. The molecule has 0 fully saturated rings. The Morgan fingerprint density at radius 3 is 2.57 bits per heavy atom. The number of pyridine rings is 1. The van der Waals surface area contributed by atoms with E-state index in [9.17, 15) is 9.59 Å². The molecule has 5 nitrogen and oxygen atoms in total. The van der Waals surface area contributed by atoms with E-state index in [0.717, 1.165) is 11.6 Å². The summed E-state index contributed by atoms with van der Waals surface area (Å²) >= 11 is 0. The Kier molecular flexibility index (Phi) is 4.46. The Balaban J connectivity index is 2.14. The molecule has 0 saturated carbocycles. The summed E-state index contributed by atoms with van der Waals surface area (Å²) in [6.45, 7) is 1.97. The minimum Gasteiger partial charge on any atom is -0.478 e. The van der Waals surface area contributed by atoms with Crippen LogP contribution in [0.4, 0.5) is 5.69 Å². The Bertz CT molecular complexity index is 691. The number of anilines is 1. The molecule has 1 aromatic carbocycles. The third-order valence-electron chi connectivity index (χ3n) is 2.75. The van der Waals surface area contributed by atoms with Crippen LogP contribution in [-0.4, -0.2) is 22.0 Å². The van der Waals surface area contributed by atoms with Crippen molar-refractivity contribution in [1.29, 1.82) is 0 Å². The zero-order chi connectivity index (χ0) is 15.2. The number of benzene rings is 1. The molecule has 2 aromatic rings. The second-order valence-corrected chi connectivity index (χ2v) is 4.50. The highest BCUT2D eigenvalue weighted by molar-refractivity contribution is 6.04. The molecule has 2 rings (SSSR count). The average molecular weight is 282 g/mol. The summed E-state index contributed by atoms with van der Waals surface area (Å²) in [7, 11) is 0. The minimum atomic E-state index is -1.05. The zero-order valence-corrected chi connectivity index (χ0v) is 11.4. The number of aliphatic carboxylic acids is 1. The molecule has 0 unspecified atom stereocenters. The monoisotopic (exact) mass is 282 g/mol. The standard InChI is InChI=1S/C16H14N2O3/c1-11-2-5-14(6-3-11)18-16(21)13-8-12(9-17-10-13)4-7-15(19)20/h2-10H,1H3,(H,18,21)(H,19,20). The van der Waals surface area contributed by atoms with Crippen molar-refractivity contribution in [3.05, 3.63) is 65.5 Å². The van der Waals surface area contributed by atoms with Gasteiger partial charge < -0.3 is 10.4 Å². The zero-order valence-electron chi connectivity index (χ0n) is 11.4. The van der Waals surface area contributed by atoms with Crippen molar-refractivity contribution in [2.75, 3.05) is 5.32 Å². The van der Waals surface area contributed by atoms with Crippen LogP contribution in [0.25, 0.3) is 6.08 Å². The highest BCUT2D eigenvalue weighted by atomic mass is 16.4. The lowest BCUT2D eigenvalue weighted by Gasteiger charge is -2.05. The minimum absolute atomic E-state index is 0.295. The van der Waals surface area contributed by atoms with Crippen molar-refractivity contribution in [3.8, 4) is 0 Å². The fourth-order valence-electron chi connectivity index (χ4n) is 1.68. The van der Waals surface area contributed by atoms with Gasteiger partial charge in [0.2, 0.25) is 0 Å². The van der Waals surface area contributed by atoms with Crippen molar-refractivity contribution >= 4 is 23.6 Å². The van der Waals surface area contributed by atoms with E-state index in [1.165, 1.54) is 18.5 Å². The van der Waals surface area contributed by atoms with Crippen LogP contribution in [0, 0.1) is 6.92 Å². The molecule has 1 aromatic heterocycles. The summed E-state index contributed by atoms with van der Waals surface area (Å²) in [5.41, 5.74) is 2.71. The third kappa shape index (κ3) is 4.28. The average Bonchev–Trinajstić information content (AvgIpc) is 2.48. The van der Waals surface area contributed by atoms with Gasteiger partial charge in [-0.2, -0.15) is 0 Å². The first-order valence-corrected chi connectivity index (χ1v) is 6.29. The second kappa shape index (κ2) is 6.47. The molecular formula is C16H14N2O3. The number of nitrogens with zero attached hydrogens (tertiary/aromatic N) is 1. The van der Waals surface area contributed by atoms with E-state index in [1.54, 1.807) is 6.07 Å². The van der Waals surface area contributed by atoms with E-state index in [-0.39, 0.29) is 5.91 Å². The second-order valence-electron chi connectivity index (χ2n) is 4.50. The molecule has 2 N–H and O–H groups in total. The molecule has 0 atom stereocenters. The molecule has 1 amide bonds. The van der Waals surface area contributed by atoms with Crippen LogP contribution in [-0.2, 0) is 4.79 Å². The molecule has 21 heavy (non-hydrogen) atoms. The Labute approximate surface area is 122 Å². The van der Waals surface area contributed by atoms with Crippen molar-refractivity contribution in [2.24, 2.45) is 0 Å². The number of hydrogen-bond donors (Lipinski definition) is 2. The van der Waals surface area contributed by atoms with E-state index >= 15 is 0 Å². The fraction of sp³-hybridized carbons (Fsp3) is 0.0625. The van der Waals surface area contributed by atoms with Crippen molar-refractivity contribution in [1.82, 2.24) is 4.98 Å². The first-order valence-electron chi connectivity index (χ1n) is 6.29.